The van der Waals surface area contributed by atoms with E-state index >= 15 is 0 Å². The molecule has 0 spiro atoms. The molecule has 0 amide bonds. The Morgan fingerprint density at radius 1 is 1.00 bits per heavy atom. The first-order chi connectivity index (χ1) is 12.7. The highest BCUT2D eigenvalue weighted by atomic mass is 35.5. The zero-order chi connectivity index (χ0) is 17.7. The van der Waals surface area contributed by atoms with Gasteiger partial charge in [-0.2, -0.15) is 9.61 Å². The lowest BCUT2D eigenvalue weighted by Gasteiger charge is -2.05. The third-order valence-electron chi connectivity index (χ3n) is 4.15. The molecule has 0 aliphatic carbocycles. The van der Waals surface area contributed by atoms with Gasteiger partial charge in [0, 0.05) is 27.2 Å². The van der Waals surface area contributed by atoms with Gasteiger partial charge in [-0.15, -0.1) is 10.2 Å². The van der Waals surface area contributed by atoms with Gasteiger partial charge in [0.25, 0.3) is 0 Å². The molecule has 2 aromatic carbocycles. The van der Waals surface area contributed by atoms with E-state index in [1.807, 2.05) is 61.5 Å². The van der Waals surface area contributed by atoms with Crippen molar-refractivity contribution in [2.45, 2.75) is 6.92 Å². The van der Waals surface area contributed by atoms with E-state index in [1.54, 1.807) is 4.52 Å². The first-order valence-corrected chi connectivity index (χ1v) is 9.23. The predicted molar refractivity (Wildman–Crippen MR) is 105 cm³/mol. The Kier molecular flexibility index (Phi) is 3.48. The maximum atomic E-state index is 6.21. The smallest absolute Gasteiger partial charge is 0.235 e. The minimum Gasteiger partial charge on any atom is -0.253 e. The highest BCUT2D eigenvalue weighted by Gasteiger charge is 2.16. The van der Waals surface area contributed by atoms with Crippen molar-refractivity contribution >= 4 is 38.8 Å². The van der Waals surface area contributed by atoms with Gasteiger partial charge < -0.3 is 0 Å². The fourth-order valence-corrected chi connectivity index (χ4v) is 4.04. The van der Waals surface area contributed by atoms with Gasteiger partial charge in [-0.25, -0.2) is 0 Å². The molecule has 0 unspecified atom stereocenters. The van der Waals surface area contributed by atoms with Crippen molar-refractivity contribution < 1.29 is 0 Å². The molecule has 0 fully saturated rings. The number of nitrogens with zero attached hydrogens (tertiary/aromatic N) is 5. The SMILES string of the molecule is Cc1cc(-c2nn3c(-c4ccccc4)nnc3s2)c2cc(Cl)ccc2n1. The van der Waals surface area contributed by atoms with Gasteiger partial charge >= 0.3 is 0 Å². The highest BCUT2D eigenvalue weighted by molar-refractivity contribution is 7.20. The van der Waals surface area contributed by atoms with Crippen LogP contribution in [0.1, 0.15) is 5.69 Å². The van der Waals surface area contributed by atoms with Crippen molar-refractivity contribution in [3.8, 4) is 22.0 Å². The lowest BCUT2D eigenvalue weighted by molar-refractivity contribution is 0.971. The fraction of sp³-hybridized carbons (Fsp3) is 0.0526. The Morgan fingerprint density at radius 2 is 1.85 bits per heavy atom. The molecule has 5 nitrogen and oxygen atoms in total. The molecule has 0 aliphatic heterocycles. The molecule has 5 rings (SSSR count). The quantitative estimate of drug-likeness (QED) is 0.433. The van der Waals surface area contributed by atoms with Crippen LogP contribution in [-0.2, 0) is 0 Å². The summed E-state index contributed by atoms with van der Waals surface area (Å²) in [6, 6.07) is 17.7. The normalized spacial score (nSPS) is 11.5. The Hall–Kier alpha value is -2.83. The molecule has 0 saturated heterocycles. The molecule has 3 heterocycles. The van der Waals surface area contributed by atoms with Gasteiger partial charge in [0.15, 0.2) is 5.82 Å². The van der Waals surface area contributed by atoms with Gasteiger partial charge in [-0.3, -0.25) is 4.98 Å². The first kappa shape index (κ1) is 15.4. The minimum atomic E-state index is 0.678. The van der Waals surface area contributed by atoms with Crippen LogP contribution in [-0.4, -0.2) is 24.8 Å². The van der Waals surface area contributed by atoms with Crippen LogP contribution in [0.15, 0.2) is 54.6 Å². The van der Waals surface area contributed by atoms with Gasteiger partial charge in [0.1, 0.15) is 5.01 Å². The molecule has 0 N–H and O–H groups in total. The molecule has 26 heavy (non-hydrogen) atoms. The van der Waals surface area contributed by atoms with E-state index in [-0.39, 0.29) is 0 Å². The number of aromatic nitrogens is 5. The summed E-state index contributed by atoms with van der Waals surface area (Å²) in [6.07, 6.45) is 0. The van der Waals surface area contributed by atoms with E-state index in [0.717, 1.165) is 43.5 Å². The maximum absolute atomic E-state index is 6.21. The number of halogens is 1. The summed E-state index contributed by atoms with van der Waals surface area (Å²) in [5, 5.41) is 15.9. The average Bonchev–Trinajstić information content (AvgIpc) is 3.23. The molecule has 0 bridgehead atoms. The number of aryl methyl sites for hydroxylation is 1. The minimum absolute atomic E-state index is 0.678. The van der Waals surface area contributed by atoms with E-state index in [2.05, 4.69) is 15.2 Å². The maximum Gasteiger partial charge on any atom is 0.235 e. The monoisotopic (exact) mass is 377 g/mol. The molecule has 7 heteroatoms. The lowest BCUT2D eigenvalue weighted by atomic mass is 10.1. The third kappa shape index (κ3) is 2.46. The van der Waals surface area contributed by atoms with Crippen LogP contribution in [0.4, 0.5) is 0 Å². The molecular weight excluding hydrogens is 366 g/mol. The second kappa shape index (κ2) is 5.86. The summed E-state index contributed by atoms with van der Waals surface area (Å²) in [4.78, 5) is 5.35. The van der Waals surface area contributed by atoms with Crippen LogP contribution in [0.3, 0.4) is 0 Å². The van der Waals surface area contributed by atoms with Crippen molar-refractivity contribution in [2.24, 2.45) is 0 Å². The Bertz CT molecular complexity index is 1260. The largest absolute Gasteiger partial charge is 0.253 e. The van der Waals surface area contributed by atoms with Crippen LogP contribution >= 0.6 is 22.9 Å². The molecule has 0 saturated carbocycles. The molecular formula is C19H12ClN5S. The van der Waals surface area contributed by atoms with Crippen LogP contribution in [0.25, 0.3) is 37.8 Å². The summed E-state index contributed by atoms with van der Waals surface area (Å²) in [5.74, 6) is 0.733. The zero-order valence-electron chi connectivity index (χ0n) is 13.7. The van der Waals surface area contributed by atoms with Gasteiger partial charge in [-0.1, -0.05) is 53.3 Å². The summed E-state index contributed by atoms with van der Waals surface area (Å²) < 4.78 is 1.79. The first-order valence-electron chi connectivity index (χ1n) is 8.04. The summed E-state index contributed by atoms with van der Waals surface area (Å²) >= 11 is 7.71. The molecule has 0 atom stereocenters. The number of fused-ring (bicyclic) bond motifs is 2. The van der Waals surface area contributed by atoms with Gasteiger partial charge in [0.2, 0.25) is 4.96 Å². The van der Waals surface area contributed by atoms with Crippen molar-refractivity contribution in [2.75, 3.05) is 0 Å². The van der Waals surface area contributed by atoms with E-state index in [9.17, 15) is 0 Å². The standard InChI is InChI=1S/C19H12ClN5S/c1-11-9-15(14-10-13(20)7-8-16(14)21-11)18-24-25-17(22-23-19(25)26-18)12-5-3-2-4-6-12/h2-10H,1H3. The topological polar surface area (TPSA) is 56.0 Å². The fourth-order valence-electron chi connectivity index (χ4n) is 3.00. The van der Waals surface area contributed by atoms with Crippen LogP contribution < -0.4 is 0 Å². The van der Waals surface area contributed by atoms with E-state index in [0.29, 0.717) is 5.02 Å². The average molecular weight is 378 g/mol. The van der Waals surface area contributed by atoms with Crippen molar-refractivity contribution in [1.29, 1.82) is 0 Å². The Balaban J connectivity index is 1.75. The van der Waals surface area contributed by atoms with E-state index in [4.69, 9.17) is 16.7 Å². The highest BCUT2D eigenvalue weighted by Crippen LogP contribution is 2.34. The number of hydrogen-bond acceptors (Lipinski definition) is 5. The van der Waals surface area contributed by atoms with Crippen molar-refractivity contribution in [1.82, 2.24) is 24.8 Å². The van der Waals surface area contributed by atoms with E-state index < -0.39 is 0 Å². The van der Waals surface area contributed by atoms with Crippen LogP contribution in [0.5, 0.6) is 0 Å². The Morgan fingerprint density at radius 3 is 2.69 bits per heavy atom. The summed E-state index contributed by atoms with van der Waals surface area (Å²) in [5.41, 5.74) is 3.82. The number of benzene rings is 2. The summed E-state index contributed by atoms with van der Waals surface area (Å²) in [6.45, 7) is 1.98. The Labute approximate surface area is 157 Å². The number of rotatable bonds is 2. The lowest BCUT2D eigenvalue weighted by Crippen LogP contribution is -1.92. The predicted octanol–water partition coefficient (Wildman–Crippen LogP) is 5.03. The number of hydrogen-bond donors (Lipinski definition) is 0. The third-order valence-corrected chi connectivity index (χ3v) is 5.32. The number of pyridine rings is 1. The van der Waals surface area contributed by atoms with Crippen molar-refractivity contribution in [3.63, 3.8) is 0 Å². The van der Waals surface area contributed by atoms with Gasteiger partial charge in [0.05, 0.1) is 5.52 Å². The molecule has 0 aliphatic rings. The second-order valence-electron chi connectivity index (χ2n) is 5.96. The van der Waals surface area contributed by atoms with E-state index in [1.165, 1.54) is 11.3 Å². The zero-order valence-corrected chi connectivity index (χ0v) is 15.3. The molecule has 126 valence electrons. The van der Waals surface area contributed by atoms with Crippen LogP contribution in [0, 0.1) is 6.92 Å². The van der Waals surface area contributed by atoms with Crippen LogP contribution in [0.2, 0.25) is 5.02 Å². The van der Waals surface area contributed by atoms with Gasteiger partial charge in [-0.05, 0) is 31.2 Å². The molecule has 0 radical (unpaired) electrons. The van der Waals surface area contributed by atoms with Crippen molar-refractivity contribution in [3.05, 3.63) is 65.3 Å². The molecule has 5 aromatic rings. The molecule has 3 aromatic heterocycles. The summed E-state index contributed by atoms with van der Waals surface area (Å²) in [7, 11) is 0. The second-order valence-corrected chi connectivity index (χ2v) is 7.36.